The predicted octanol–water partition coefficient (Wildman–Crippen LogP) is 6.71. The number of methoxy groups -OCH3 is 1. The van der Waals surface area contributed by atoms with Gasteiger partial charge in [-0.1, -0.05) is 67.6 Å². The van der Waals surface area contributed by atoms with Crippen LogP contribution in [0.2, 0.25) is 5.02 Å². The molecule has 1 aromatic carbocycles. The Labute approximate surface area is 225 Å². The van der Waals surface area contributed by atoms with Gasteiger partial charge in [-0.25, -0.2) is 4.79 Å². The lowest BCUT2D eigenvalue weighted by atomic mass is 9.86. The molecule has 1 fully saturated rings. The Bertz CT molecular complexity index is 1190. The van der Waals surface area contributed by atoms with Crippen molar-refractivity contribution in [3.63, 3.8) is 0 Å². The lowest BCUT2D eigenvalue weighted by Gasteiger charge is -2.21. The zero-order valence-corrected chi connectivity index (χ0v) is 23.0. The quantitative estimate of drug-likeness (QED) is 0.224. The number of halogens is 1. The van der Waals surface area contributed by atoms with Gasteiger partial charge >= 0.3 is 5.97 Å². The van der Waals surface area contributed by atoms with Crippen LogP contribution in [-0.4, -0.2) is 39.5 Å². The molecule has 0 bridgehead atoms. The van der Waals surface area contributed by atoms with Gasteiger partial charge in [0.05, 0.1) is 12.9 Å². The standard InChI is InChI=1S/C26H31ClN4O3S2/c1-3-31-21(14-9-17-7-5-4-6-8-17)29-30-26(31)36-16-22(32)28-24-23(25(33)34-2)20(15-35-24)18-10-12-19(27)13-11-18/h10-13,15,17H,3-9,14,16H2,1-2H3,(H,28,32). The number of carbonyl (C=O) groups excluding carboxylic acids is 2. The van der Waals surface area contributed by atoms with Crippen molar-refractivity contribution in [1.82, 2.24) is 14.8 Å². The number of ether oxygens (including phenoxy) is 1. The van der Waals surface area contributed by atoms with Crippen LogP contribution >= 0.6 is 34.7 Å². The van der Waals surface area contributed by atoms with Crippen LogP contribution in [0.1, 0.15) is 61.6 Å². The highest BCUT2D eigenvalue weighted by molar-refractivity contribution is 7.99. The number of aromatic nitrogens is 3. The molecular weight excluding hydrogens is 516 g/mol. The molecule has 10 heteroatoms. The van der Waals surface area contributed by atoms with Gasteiger partial charge in [0.1, 0.15) is 16.4 Å². The molecule has 0 saturated heterocycles. The highest BCUT2D eigenvalue weighted by Gasteiger charge is 2.23. The first-order valence-corrected chi connectivity index (χ1v) is 14.5. The highest BCUT2D eigenvalue weighted by atomic mass is 35.5. The van der Waals surface area contributed by atoms with Gasteiger partial charge in [-0.3, -0.25) is 4.79 Å². The minimum atomic E-state index is -0.502. The number of aryl methyl sites for hydroxylation is 1. The van der Waals surface area contributed by atoms with Crippen molar-refractivity contribution < 1.29 is 14.3 Å². The molecule has 36 heavy (non-hydrogen) atoms. The average Bonchev–Trinajstić information content (AvgIpc) is 3.50. The van der Waals surface area contributed by atoms with E-state index < -0.39 is 5.97 Å². The van der Waals surface area contributed by atoms with Crippen LogP contribution in [0.3, 0.4) is 0 Å². The largest absolute Gasteiger partial charge is 0.465 e. The van der Waals surface area contributed by atoms with Gasteiger partial charge in [0.2, 0.25) is 5.91 Å². The molecule has 2 aromatic heterocycles. The van der Waals surface area contributed by atoms with Gasteiger partial charge in [0, 0.05) is 28.9 Å². The van der Waals surface area contributed by atoms with Crippen molar-refractivity contribution in [1.29, 1.82) is 0 Å². The minimum Gasteiger partial charge on any atom is -0.465 e. The summed E-state index contributed by atoms with van der Waals surface area (Å²) in [5, 5.41) is 15.3. The number of amides is 1. The van der Waals surface area contributed by atoms with Gasteiger partial charge in [0.25, 0.3) is 0 Å². The van der Waals surface area contributed by atoms with Gasteiger partial charge in [0.15, 0.2) is 5.16 Å². The molecule has 1 N–H and O–H groups in total. The molecule has 0 spiro atoms. The van der Waals surface area contributed by atoms with Crippen molar-refractivity contribution in [3.05, 3.63) is 46.1 Å². The Balaban J connectivity index is 1.40. The smallest absolute Gasteiger partial charge is 0.341 e. The zero-order valence-electron chi connectivity index (χ0n) is 20.6. The lowest BCUT2D eigenvalue weighted by molar-refractivity contribution is -0.113. The topological polar surface area (TPSA) is 86.1 Å². The summed E-state index contributed by atoms with van der Waals surface area (Å²) in [6.07, 6.45) is 8.74. The molecule has 0 atom stereocenters. The van der Waals surface area contributed by atoms with Gasteiger partial charge in [-0.2, -0.15) is 0 Å². The molecular formula is C26H31ClN4O3S2. The molecule has 0 aliphatic heterocycles. The SMILES string of the molecule is CCn1c(CCC2CCCCC2)nnc1SCC(=O)Nc1scc(-c2ccc(Cl)cc2)c1C(=O)OC. The normalized spacial score (nSPS) is 14.1. The molecule has 4 rings (SSSR count). The number of rotatable bonds is 10. The fourth-order valence-electron chi connectivity index (χ4n) is 4.63. The Morgan fingerprint density at radius 2 is 1.94 bits per heavy atom. The van der Waals surface area contributed by atoms with Crippen LogP contribution in [0.15, 0.2) is 34.8 Å². The van der Waals surface area contributed by atoms with Crippen LogP contribution in [0.4, 0.5) is 5.00 Å². The summed E-state index contributed by atoms with van der Waals surface area (Å²) < 4.78 is 7.10. The van der Waals surface area contributed by atoms with E-state index in [4.69, 9.17) is 16.3 Å². The molecule has 192 valence electrons. The second kappa shape index (κ2) is 12.7. The number of nitrogens with zero attached hydrogens (tertiary/aromatic N) is 3. The number of hydrogen-bond acceptors (Lipinski definition) is 7. The van der Waals surface area contributed by atoms with Gasteiger partial charge in [-0.15, -0.1) is 21.5 Å². The number of thioether (sulfide) groups is 1. The Hall–Kier alpha value is -2.36. The Kier molecular flexibility index (Phi) is 9.45. The first-order valence-electron chi connectivity index (χ1n) is 12.3. The van der Waals surface area contributed by atoms with Crippen LogP contribution < -0.4 is 5.32 Å². The van der Waals surface area contributed by atoms with E-state index in [0.29, 0.717) is 21.2 Å². The maximum Gasteiger partial charge on any atom is 0.341 e. The van der Waals surface area contributed by atoms with Crippen LogP contribution in [0.5, 0.6) is 0 Å². The zero-order chi connectivity index (χ0) is 25.5. The van der Waals surface area contributed by atoms with Crippen molar-refractivity contribution >= 4 is 51.6 Å². The fourth-order valence-corrected chi connectivity index (χ4v) is 6.55. The number of benzene rings is 1. The molecule has 3 aromatic rings. The van der Waals surface area contributed by atoms with Crippen LogP contribution in [-0.2, 0) is 22.5 Å². The van der Waals surface area contributed by atoms with E-state index >= 15 is 0 Å². The number of hydrogen-bond donors (Lipinski definition) is 1. The third-order valence-electron chi connectivity index (χ3n) is 6.53. The summed E-state index contributed by atoms with van der Waals surface area (Å²) in [6.45, 7) is 2.84. The molecule has 7 nitrogen and oxygen atoms in total. The molecule has 0 unspecified atom stereocenters. The van der Waals surface area contributed by atoms with Crippen molar-refractivity contribution in [3.8, 4) is 11.1 Å². The monoisotopic (exact) mass is 546 g/mol. The second-order valence-electron chi connectivity index (χ2n) is 8.87. The molecule has 0 radical (unpaired) electrons. The third kappa shape index (κ3) is 6.49. The van der Waals surface area contributed by atoms with E-state index in [0.717, 1.165) is 41.8 Å². The molecule has 2 heterocycles. The number of thiophene rings is 1. The molecule has 1 saturated carbocycles. The maximum atomic E-state index is 12.8. The van der Waals surface area contributed by atoms with E-state index in [-0.39, 0.29) is 11.7 Å². The Morgan fingerprint density at radius 3 is 2.64 bits per heavy atom. The summed E-state index contributed by atoms with van der Waals surface area (Å²) in [5.74, 6) is 1.22. The second-order valence-corrected chi connectivity index (χ2v) is 11.1. The van der Waals surface area contributed by atoms with E-state index in [2.05, 4.69) is 27.0 Å². The van der Waals surface area contributed by atoms with E-state index in [1.807, 2.05) is 17.5 Å². The van der Waals surface area contributed by atoms with E-state index in [1.54, 1.807) is 12.1 Å². The van der Waals surface area contributed by atoms with E-state index in [9.17, 15) is 9.59 Å². The summed E-state index contributed by atoms with van der Waals surface area (Å²) in [5.41, 5.74) is 1.85. The van der Waals surface area contributed by atoms with Crippen molar-refractivity contribution in [2.75, 3.05) is 18.2 Å². The Morgan fingerprint density at radius 1 is 1.19 bits per heavy atom. The first-order chi connectivity index (χ1) is 17.5. The van der Waals surface area contributed by atoms with Crippen LogP contribution in [0, 0.1) is 5.92 Å². The molecule has 1 amide bonds. The number of nitrogens with one attached hydrogen (secondary N) is 1. The summed E-state index contributed by atoms with van der Waals surface area (Å²) >= 11 is 8.65. The number of anilines is 1. The third-order valence-corrected chi connectivity index (χ3v) is 8.65. The minimum absolute atomic E-state index is 0.162. The summed E-state index contributed by atoms with van der Waals surface area (Å²) in [7, 11) is 1.33. The first kappa shape index (κ1) is 26.7. The number of esters is 1. The van der Waals surface area contributed by atoms with Crippen molar-refractivity contribution in [2.24, 2.45) is 5.92 Å². The maximum absolute atomic E-state index is 12.8. The predicted molar refractivity (Wildman–Crippen MR) is 146 cm³/mol. The fraction of sp³-hybridized carbons (Fsp3) is 0.462. The van der Waals surface area contributed by atoms with Crippen molar-refractivity contribution in [2.45, 2.75) is 63.6 Å². The summed E-state index contributed by atoms with van der Waals surface area (Å²) in [4.78, 5) is 25.4. The average molecular weight is 547 g/mol. The van der Waals surface area contributed by atoms with Gasteiger partial charge < -0.3 is 14.6 Å². The summed E-state index contributed by atoms with van der Waals surface area (Å²) in [6, 6.07) is 7.19. The highest BCUT2D eigenvalue weighted by Crippen LogP contribution is 2.37. The van der Waals surface area contributed by atoms with Crippen LogP contribution in [0.25, 0.3) is 11.1 Å². The lowest BCUT2D eigenvalue weighted by Crippen LogP contribution is -2.16. The molecule has 1 aliphatic rings. The number of carbonyl (C=O) groups is 2. The van der Waals surface area contributed by atoms with E-state index in [1.165, 1.54) is 62.3 Å². The van der Waals surface area contributed by atoms with Gasteiger partial charge in [-0.05, 0) is 37.0 Å². The molecule has 1 aliphatic carbocycles.